The number of nitrogens with one attached hydrogen (secondary N) is 1. The molecule has 21 heavy (non-hydrogen) atoms. The molecule has 1 aromatic carbocycles. The van der Waals surface area contributed by atoms with Crippen molar-refractivity contribution in [1.29, 1.82) is 0 Å². The van der Waals surface area contributed by atoms with E-state index >= 15 is 0 Å². The predicted molar refractivity (Wildman–Crippen MR) is 88.2 cm³/mol. The Kier molecular flexibility index (Phi) is 3.17. The molecule has 3 N–H and O–H groups in total. The second kappa shape index (κ2) is 4.93. The van der Waals surface area contributed by atoms with Gasteiger partial charge in [-0.05, 0) is 17.8 Å². The van der Waals surface area contributed by atoms with E-state index in [1.165, 1.54) is 18.7 Å². The maximum atomic E-state index is 5.84. The van der Waals surface area contributed by atoms with Gasteiger partial charge in [-0.3, -0.25) is 0 Å². The maximum absolute atomic E-state index is 5.84. The van der Waals surface area contributed by atoms with Crippen molar-refractivity contribution in [2.45, 2.75) is 11.5 Å². The SMILES string of the molecule is NC(=S)NC1C2CN3CCN(C2)CC1(c1ccccc1)C3. The van der Waals surface area contributed by atoms with E-state index in [0.29, 0.717) is 17.1 Å². The first kappa shape index (κ1) is 13.5. The van der Waals surface area contributed by atoms with E-state index in [4.69, 9.17) is 18.0 Å². The molecule has 4 nitrogen and oxygen atoms in total. The van der Waals surface area contributed by atoms with Crippen molar-refractivity contribution in [3.63, 3.8) is 0 Å². The highest BCUT2D eigenvalue weighted by Crippen LogP contribution is 2.43. The van der Waals surface area contributed by atoms with Crippen LogP contribution in [0.5, 0.6) is 0 Å². The van der Waals surface area contributed by atoms with Gasteiger partial charge in [0.25, 0.3) is 0 Å². The third-order valence-corrected chi connectivity index (χ3v) is 5.56. The molecule has 0 amide bonds. The fraction of sp³-hybridized carbons (Fsp3) is 0.562. The highest BCUT2D eigenvalue weighted by molar-refractivity contribution is 7.80. The second-order valence-corrected chi connectivity index (χ2v) is 7.18. The molecule has 112 valence electrons. The molecule has 4 aliphatic heterocycles. The molecule has 0 saturated carbocycles. The molecule has 4 fully saturated rings. The summed E-state index contributed by atoms with van der Waals surface area (Å²) in [5.41, 5.74) is 7.36. The summed E-state index contributed by atoms with van der Waals surface area (Å²) in [6, 6.07) is 11.3. The smallest absolute Gasteiger partial charge is 0.163 e. The topological polar surface area (TPSA) is 44.5 Å². The van der Waals surface area contributed by atoms with Crippen LogP contribution >= 0.6 is 12.2 Å². The van der Waals surface area contributed by atoms with Crippen LogP contribution in [0.2, 0.25) is 0 Å². The summed E-state index contributed by atoms with van der Waals surface area (Å²) in [4.78, 5) is 5.25. The van der Waals surface area contributed by atoms with E-state index in [9.17, 15) is 0 Å². The molecule has 0 spiro atoms. The standard InChI is InChI=1S/C16H22N4S/c17-15(21)18-14-12-8-19-6-7-20(9-12)11-16(14,10-19)13-4-2-1-3-5-13/h1-5,12,14H,6-11H2,(H3,17,18,21). The molecule has 3 unspecified atom stereocenters. The summed E-state index contributed by atoms with van der Waals surface area (Å²) in [6.45, 7) is 6.89. The van der Waals surface area contributed by atoms with Gasteiger partial charge in [0.05, 0.1) is 0 Å². The van der Waals surface area contributed by atoms with Crippen molar-refractivity contribution in [2.75, 3.05) is 39.3 Å². The molecule has 5 heteroatoms. The van der Waals surface area contributed by atoms with Gasteiger partial charge in [0.2, 0.25) is 0 Å². The third kappa shape index (κ3) is 2.15. The largest absolute Gasteiger partial charge is 0.376 e. The predicted octanol–water partition coefficient (Wildman–Crippen LogP) is 0.387. The first-order valence-electron chi connectivity index (χ1n) is 7.74. The number of hydrogen-bond acceptors (Lipinski definition) is 3. The third-order valence-electron chi connectivity index (χ3n) is 5.44. The number of fused-ring (bicyclic) bond motifs is 1. The van der Waals surface area contributed by atoms with E-state index in [-0.39, 0.29) is 5.41 Å². The summed E-state index contributed by atoms with van der Waals surface area (Å²) < 4.78 is 0. The maximum Gasteiger partial charge on any atom is 0.163 e. The monoisotopic (exact) mass is 302 g/mol. The van der Waals surface area contributed by atoms with Gasteiger partial charge in [-0.15, -0.1) is 0 Å². The Morgan fingerprint density at radius 3 is 2.33 bits per heavy atom. The molecule has 1 aromatic rings. The highest BCUT2D eigenvalue weighted by Gasteiger charge is 2.55. The summed E-state index contributed by atoms with van der Waals surface area (Å²) in [5.74, 6) is 0.594. The van der Waals surface area contributed by atoms with Crippen molar-refractivity contribution in [3.8, 4) is 0 Å². The minimum atomic E-state index is 0.0996. The van der Waals surface area contributed by atoms with Crippen LogP contribution < -0.4 is 11.1 Å². The lowest BCUT2D eigenvalue weighted by molar-refractivity contribution is 0.0267. The Morgan fingerprint density at radius 2 is 1.76 bits per heavy atom. The van der Waals surface area contributed by atoms with E-state index in [2.05, 4.69) is 45.4 Å². The van der Waals surface area contributed by atoms with Crippen LogP contribution in [-0.4, -0.2) is 60.2 Å². The van der Waals surface area contributed by atoms with Gasteiger partial charge in [0.15, 0.2) is 5.11 Å². The molecule has 4 bridgehead atoms. The van der Waals surface area contributed by atoms with Crippen molar-refractivity contribution in [1.82, 2.24) is 15.1 Å². The zero-order valence-electron chi connectivity index (χ0n) is 12.2. The van der Waals surface area contributed by atoms with E-state index in [1.807, 2.05) is 0 Å². The number of thiocarbonyl (C=S) groups is 1. The highest BCUT2D eigenvalue weighted by atomic mass is 32.1. The summed E-state index contributed by atoms with van der Waals surface area (Å²) in [6.07, 6.45) is 0. The fourth-order valence-corrected chi connectivity index (χ4v) is 4.85. The minimum absolute atomic E-state index is 0.0996. The molecular formula is C16H22N4S. The van der Waals surface area contributed by atoms with E-state index in [1.54, 1.807) is 0 Å². The molecular weight excluding hydrogens is 280 g/mol. The van der Waals surface area contributed by atoms with Gasteiger partial charge in [-0.2, -0.15) is 0 Å². The fourth-order valence-electron chi connectivity index (χ4n) is 4.72. The first-order chi connectivity index (χ1) is 10.2. The molecule has 4 aliphatic rings. The van der Waals surface area contributed by atoms with Crippen LogP contribution in [0, 0.1) is 5.92 Å². The van der Waals surface area contributed by atoms with Crippen LogP contribution in [-0.2, 0) is 5.41 Å². The van der Waals surface area contributed by atoms with E-state index in [0.717, 1.165) is 26.2 Å². The van der Waals surface area contributed by atoms with Crippen molar-refractivity contribution in [3.05, 3.63) is 35.9 Å². The molecule has 0 aromatic heterocycles. The average Bonchev–Trinajstić information content (AvgIpc) is 2.72. The van der Waals surface area contributed by atoms with Crippen LogP contribution in [0.1, 0.15) is 5.56 Å². The van der Waals surface area contributed by atoms with Gasteiger partial charge in [0, 0.05) is 56.6 Å². The number of nitrogens with zero attached hydrogens (tertiary/aromatic N) is 2. The van der Waals surface area contributed by atoms with Crippen molar-refractivity contribution < 1.29 is 0 Å². The van der Waals surface area contributed by atoms with Crippen molar-refractivity contribution in [2.24, 2.45) is 11.7 Å². The Balaban J connectivity index is 1.81. The van der Waals surface area contributed by atoms with Crippen LogP contribution in [0.15, 0.2) is 30.3 Å². The molecule has 3 atom stereocenters. The molecule has 5 rings (SSSR count). The summed E-state index contributed by atoms with van der Waals surface area (Å²) in [7, 11) is 0. The van der Waals surface area contributed by atoms with Gasteiger partial charge < -0.3 is 20.9 Å². The van der Waals surface area contributed by atoms with Gasteiger partial charge >= 0.3 is 0 Å². The lowest BCUT2D eigenvalue weighted by atomic mass is 9.64. The number of nitrogens with two attached hydrogens (primary N) is 1. The Bertz CT molecular complexity index is 530. The Morgan fingerprint density at radius 1 is 1.14 bits per heavy atom. The number of hydrogen-bond donors (Lipinski definition) is 2. The van der Waals surface area contributed by atoms with Crippen LogP contribution in [0.25, 0.3) is 0 Å². The van der Waals surface area contributed by atoms with Gasteiger partial charge in [-0.25, -0.2) is 0 Å². The van der Waals surface area contributed by atoms with Gasteiger partial charge in [0.1, 0.15) is 0 Å². The van der Waals surface area contributed by atoms with Crippen molar-refractivity contribution >= 4 is 17.3 Å². The zero-order valence-corrected chi connectivity index (χ0v) is 13.0. The first-order valence-corrected chi connectivity index (χ1v) is 8.14. The second-order valence-electron chi connectivity index (χ2n) is 6.74. The Hall–Kier alpha value is -1.17. The van der Waals surface area contributed by atoms with E-state index < -0.39 is 0 Å². The molecule has 4 saturated heterocycles. The lowest BCUT2D eigenvalue weighted by Crippen LogP contribution is -2.71. The Labute approximate surface area is 131 Å². The average molecular weight is 302 g/mol. The van der Waals surface area contributed by atoms with Gasteiger partial charge in [-0.1, -0.05) is 30.3 Å². The molecule has 0 aliphatic carbocycles. The van der Waals surface area contributed by atoms with Crippen LogP contribution in [0.3, 0.4) is 0 Å². The summed E-state index contributed by atoms with van der Waals surface area (Å²) >= 11 is 5.17. The normalized spacial score (nSPS) is 40.8. The lowest BCUT2D eigenvalue weighted by Gasteiger charge is -2.56. The number of rotatable bonds is 2. The number of piperidine rings is 2. The zero-order chi connectivity index (χ0) is 14.4. The quantitative estimate of drug-likeness (QED) is 0.774. The number of benzene rings is 1. The molecule has 0 radical (unpaired) electrons. The molecule has 4 heterocycles. The minimum Gasteiger partial charge on any atom is -0.376 e. The summed E-state index contributed by atoms with van der Waals surface area (Å²) in [5, 5.41) is 3.88. The van der Waals surface area contributed by atoms with Crippen LogP contribution in [0.4, 0.5) is 0 Å².